The summed E-state index contributed by atoms with van der Waals surface area (Å²) < 4.78 is 5.61. The lowest BCUT2D eigenvalue weighted by Crippen LogP contribution is -3.05. The molecular formula is C29H38N2O4. The van der Waals surface area contributed by atoms with Gasteiger partial charge in [-0.1, -0.05) is 69.9 Å². The molecule has 1 N–H and O–H groups in total. The highest BCUT2D eigenvalue weighted by molar-refractivity contribution is 6.46. The van der Waals surface area contributed by atoms with Gasteiger partial charge in [0.25, 0.3) is 5.91 Å². The summed E-state index contributed by atoms with van der Waals surface area (Å²) >= 11 is 0. The maximum atomic E-state index is 13.6. The van der Waals surface area contributed by atoms with Gasteiger partial charge >= 0.3 is 0 Å². The number of carbonyl (C=O) groups is 2. The third-order valence-corrected chi connectivity index (χ3v) is 6.29. The number of nitrogens with zero attached hydrogens (tertiary/aromatic N) is 1. The number of hydrogen-bond acceptors (Lipinski definition) is 4. The first kappa shape index (κ1) is 26.5. The van der Waals surface area contributed by atoms with E-state index in [2.05, 4.69) is 34.9 Å². The van der Waals surface area contributed by atoms with Crippen molar-refractivity contribution in [1.29, 1.82) is 0 Å². The molecule has 1 atom stereocenters. The van der Waals surface area contributed by atoms with Gasteiger partial charge in [-0.05, 0) is 40.7 Å². The third kappa shape index (κ3) is 6.12. The highest BCUT2D eigenvalue weighted by atomic mass is 16.5. The number of amides is 1. The van der Waals surface area contributed by atoms with Crippen LogP contribution in [0.25, 0.3) is 5.76 Å². The lowest BCUT2D eigenvalue weighted by molar-refractivity contribution is -0.858. The average Bonchev–Trinajstić information content (AvgIpc) is 3.07. The van der Waals surface area contributed by atoms with Crippen molar-refractivity contribution in [3.63, 3.8) is 0 Å². The van der Waals surface area contributed by atoms with Gasteiger partial charge in [0.1, 0.15) is 5.75 Å². The van der Waals surface area contributed by atoms with Crippen LogP contribution in [0.5, 0.6) is 5.75 Å². The number of quaternary nitrogens is 1. The van der Waals surface area contributed by atoms with Crippen LogP contribution < -0.4 is 14.7 Å². The molecule has 6 nitrogen and oxygen atoms in total. The van der Waals surface area contributed by atoms with E-state index in [0.717, 1.165) is 30.5 Å². The maximum absolute atomic E-state index is 13.6. The summed E-state index contributed by atoms with van der Waals surface area (Å²) in [5.74, 6) is -1.04. The fraction of sp³-hybridized carbons (Fsp3) is 0.448. The van der Waals surface area contributed by atoms with Crippen molar-refractivity contribution in [2.45, 2.75) is 52.0 Å². The van der Waals surface area contributed by atoms with Gasteiger partial charge in [0.05, 0.1) is 33.3 Å². The van der Waals surface area contributed by atoms with Crippen LogP contribution in [0.1, 0.15) is 63.3 Å². The van der Waals surface area contributed by atoms with Gasteiger partial charge in [-0.2, -0.15) is 0 Å². The normalized spacial score (nSPS) is 17.9. The molecule has 0 aliphatic carbocycles. The number of carbonyl (C=O) groups excluding carboxylic acids is 2. The van der Waals surface area contributed by atoms with Gasteiger partial charge in [0.15, 0.2) is 0 Å². The Hall–Kier alpha value is -3.12. The molecule has 1 amide bonds. The van der Waals surface area contributed by atoms with Gasteiger partial charge in [-0.15, -0.1) is 0 Å². The largest absolute Gasteiger partial charge is 0.872 e. The molecule has 1 aliphatic heterocycles. The standard InChI is InChI=1S/C29H38N2O4/c1-7-19-35-23-15-11-21(12-16-23)26(32)24-25(20-9-13-22(14-10-20)29(2,3)4)31(28(34)27(24)33)18-8-17-30(5)6/h9-16,25,32H,7-8,17-19H2,1-6H3/b26-24+. The van der Waals surface area contributed by atoms with Crippen LogP contribution in [0.4, 0.5) is 0 Å². The topological polar surface area (TPSA) is 74.1 Å². The van der Waals surface area contributed by atoms with Crippen molar-refractivity contribution in [2.75, 3.05) is 33.8 Å². The molecule has 1 fully saturated rings. The predicted octanol–water partition coefficient (Wildman–Crippen LogP) is 2.53. The monoisotopic (exact) mass is 478 g/mol. The summed E-state index contributed by atoms with van der Waals surface area (Å²) in [6.45, 7) is 10.3. The summed E-state index contributed by atoms with van der Waals surface area (Å²) in [5.41, 5.74) is 2.30. The van der Waals surface area contributed by atoms with Crippen LogP contribution >= 0.6 is 0 Å². The van der Waals surface area contributed by atoms with Gasteiger partial charge in [0, 0.05) is 18.5 Å². The first-order chi connectivity index (χ1) is 16.5. The van der Waals surface area contributed by atoms with E-state index >= 15 is 0 Å². The third-order valence-electron chi connectivity index (χ3n) is 6.29. The molecule has 35 heavy (non-hydrogen) atoms. The molecule has 0 saturated carbocycles. The van der Waals surface area contributed by atoms with Crippen molar-refractivity contribution < 1.29 is 24.3 Å². The molecule has 0 spiro atoms. The van der Waals surface area contributed by atoms with Gasteiger partial charge < -0.3 is 19.6 Å². The second-order valence-corrected chi connectivity index (χ2v) is 10.5. The first-order valence-electron chi connectivity index (χ1n) is 12.4. The van der Waals surface area contributed by atoms with Crippen LogP contribution in [0.3, 0.4) is 0 Å². The Balaban J connectivity index is 2.04. The smallest absolute Gasteiger partial charge is 0.295 e. The summed E-state index contributed by atoms with van der Waals surface area (Å²) in [5, 5.41) is 13.6. The van der Waals surface area contributed by atoms with Crippen LogP contribution in [0.15, 0.2) is 54.1 Å². The molecule has 0 radical (unpaired) electrons. The van der Waals surface area contributed by atoms with E-state index in [-0.39, 0.29) is 11.0 Å². The fourth-order valence-electron chi connectivity index (χ4n) is 4.29. The van der Waals surface area contributed by atoms with E-state index in [1.807, 2.05) is 31.2 Å². The predicted molar refractivity (Wildman–Crippen MR) is 136 cm³/mol. The van der Waals surface area contributed by atoms with E-state index in [1.165, 1.54) is 4.90 Å². The zero-order chi connectivity index (χ0) is 25.8. The minimum Gasteiger partial charge on any atom is -0.872 e. The number of rotatable bonds is 9. The Morgan fingerprint density at radius 1 is 1.03 bits per heavy atom. The Kier molecular flexibility index (Phi) is 8.39. The number of likely N-dealkylation sites (tertiary alicyclic amines) is 1. The first-order valence-corrected chi connectivity index (χ1v) is 12.4. The van der Waals surface area contributed by atoms with E-state index in [4.69, 9.17) is 4.74 Å². The summed E-state index contributed by atoms with van der Waals surface area (Å²) in [4.78, 5) is 29.1. The van der Waals surface area contributed by atoms with Crippen LogP contribution in [0.2, 0.25) is 0 Å². The zero-order valence-corrected chi connectivity index (χ0v) is 21.8. The quantitative estimate of drug-likeness (QED) is 0.342. The van der Waals surface area contributed by atoms with Gasteiger partial charge in [0.2, 0.25) is 5.78 Å². The Bertz CT molecular complexity index is 1060. The molecule has 188 valence electrons. The maximum Gasteiger partial charge on any atom is 0.295 e. The molecule has 0 aromatic heterocycles. The Labute approximate surface area is 209 Å². The molecule has 1 aliphatic rings. The number of nitrogens with one attached hydrogen (secondary N) is 1. The Morgan fingerprint density at radius 2 is 1.66 bits per heavy atom. The van der Waals surface area contributed by atoms with E-state index in [9.17, 15) is 14.7 Å². The van der Waals surface area contributed by atoms with Crippen LogP contribution in [0, 0.1) is 0 Å². The van der Waals surface area contributed by atoms with Crippen LogP contribution in [-0.4, -0.2) is 50.4 Å². The van der Waals surface area contributed by atoms with Crippen molar-refractivity contribution in [3.05, 3.63) is 70.8 Å². The zero-order valence-electron chi connectivity index (χ0n) is 21.8. The van der Waals surface area contributed by atoms with Crippen molar-refractivity contribution in [3.8, 4) is 5.75 Å². The molecule has 2 aromatic rings. The average molecular weight is 479 g/mol. The molecule has 1 heterocycles. The van der Waals surface area contributed by atoms with Crippen molar-refractivity contribution >= 4 is 17.4 Å². The highest BCUT2D eigenvalue weighted by Gasteiger charge is 2.44. The van der Waals surface area contributed by atoms with Crippen molar-refractivity contribution in [1.82, 2.24) is 4.90 Å². The lowest BCUT2D eigenvalue weighted by Gasteiger charge is -2.28. The van der Waals surface area contributed by atoms with E-state index in [1.54, 1.807) is 29.2 Å². The van der Waals surface area contributed by atoms with Gasteiger partial charge in [-0.3, -0.25) is 9.59 Å². The molecule has 1 saturated heterocycles. The molecule has 3 rings (SSSR count). The second kappa shape index (κ2) is 11.1. The summed E-state index contributed by atoms with van der Waals surface area (Å²) in [6, 6.07) is 14.0. The van der Waals surface area contributed by atoms with E-state index < -0.39 is 23.5 Å². The van der Waals surface area contributed by atoms with E-state index in [0.29, 0.717) is 24.5 Å². The second-order valence-electron chi connectivity index (χ2n) is 10.5. The van der Waals surface area contributed by atoms with Crippen molar-refractivity contribution in [2.24, 2.45) is 0 Å². The minimum absolute atomic E-state index is 0.0259. The molecule has 0 bridgehead atoms. The van der Waals surface area contributed by atoms with Gasteiger partial charge in [-0.25, -0.2) is 0 Å². The SMILES string of the molecule is CCCOc1ccc(/C([O-])=C2\C(=O)C(=O)N(CCC[NH+](C)C)C2c2ccc(C(C)(C)C)cc2)cc1. The number of hydrogen-bond donors (Lipinski definition) is 1. The molecular weight excluding hydrogens is 440 g/mol. The number of benzene rings is 2. The summed E-state index contributed by atoms with van der Waals surface area (Å²) in [7, 11) is 4.10. The Morgan fingerprint density at radius 3 is 2.20 bits per heavy atom. The lowest BCUT2D eigenvalue weighted by atomic mass is 9.85. The molecule has 2 aromatic carbocycles. The molecule has 1 unspecified atom stereocenters. The molecule has 6 heteroatoms. The highest BCUT2D eigenvalue weighted by Crippen LogP contribution is 2.39. The van der Waals surface area contributed by atoms with Crippen LogP contribution in [-0.2, 0) is 15.0 Å². The summed E-state index contributed by atoms with van der Waals surface area (Å²) in [6.07, 6.45) is 1.62. The number of Topliss-reactive ketones (excluding diaryl/α,β-unsaturated/α-hetero) is 1. The number of ether oxygens (including phenoxy) is 1. The fourth-order valence-corrected chi connectivity index (χ4v) is 4.29. The number of ketones is 1. The minimum atomic E-state index is -0.705.